The van der Waals surface area contributed by atoms with Gasteiger partial charge in [-0.05, 0) is 55.2 Å². The highest BCUT2D eigenvalue weighted by Gasteiger charge is 2.31. The van der Waals surface area contributed by atoms with Crippen LogP contribution in [0.15, 0.2) is 42.5 Å². The summed E-state index contributed by atoms with van der Waals surface area (Å²) in [6.45, 7) is 1.94. The van der Waals surface area contributed by atoms with Crippen molar-refractivity contribution in [3.8, 4) is 11.5 Å². The van der Waals surface area contributed by atoms with E-state index < -0.39 is 6.04 Å². The second-order valence-electron chi connectivity index (χ2n) is 8.15. The Labute approximate surface area is 205 Å². The molecule has 0 saturated heterocycles. The number of hydrogen-bond donors (Lipinski definition) is 1. The molecule has 1 saturated carbocycles. The fourth-order valence-electron chi connectivity index (χ4n) is 4.03. The van der Waals surface area contributed by atoms with E-state index in [9.17, 15) is 9.59 Å². The summed E-state index contributed by atoms with van der Waals surface area (Å²) >= 11 is 12.1. The van der Waals surface area contributed by atoms with Gasteiger partial charge in [0, 0.05) is 17.6 Å². The monoisotopic (exact) mass is 492 g/mol. The van der Waals surface area contributed by atoms with E-state index in [0.717, 1.165) is 37.0 Å². The smallest absolute Gasteiger partial charge is 0.261 e. The largest absolute Gasteiger partial charge is 0.497 e. The van der Waals surface area contributed by atoms with Crippen LogP contribution < -0.4 is 14.8 Å². The molecule has 0 bridgehead atoms. The van der Waals surface area contributed by atoms with Crippen LogP contribution in [0.3, 0.4) is 0 Å². The molecule has 0 radical (unpaired) electrons. The van der Waals surface area contributed by atoms with Crippen LogP contribution in [0.4, 0.5) is 0 Å². The third-order valence-electron chi connectivity index (χ3n) is 5.84. The first kappa shape index (κ1) is 25.2. The lowest BCUT2D eigenvalue weighted by atomic mass is 10.1. The summed E-state index contributed by atoms with van der Waals surface area (Å²) in [5, 5.41) is 3.93. The average molecular weight is 493 g/mol. The first-order valence-corrected chi connectivity index (χ1v) is 12.0. The highest BCUT2D eigenvalue weighted by molar-refractivity contribution is 6.35. The number of carbonyl (C=O) groups excluding carboxylic acids is 2. The predicted molar refractivity (Wildman–Crippen MR) is 130 cm³/mol. The van der Waals surface area contributed by atoms with Gasteiger partial charge in [0.25, 0.3) is 5.91 Å². The van der Waals surface area contributed by atoms with Gasteiger partial charge in [0.15, 0.2) is 6.61 Å². The van der Waals surface area contributed by atoms with Gasteiger partial charge >= 0.3 is 0 Å². The Hall–Kier alpha value is -2.44. The van der Waals surface area contributed by atoms with E-state index in [4.69, 9.17) is 32.7 Å². The van der Waals surface area contributed by atoms with Crippen LogP contribution in [0.25, 0.3) is 0 Å². The van der Waals surface area contributed by atoms with Crippen LogP contribution in [0.1, 0.15) is 44.6 Å². The van der Waals surface area contributed by atoms with Gasteiger partial charge in [-0.3, -0.25) is 9.59 Å². The summed E-state index contributed by atoms with van der Waals surface area (Å²) < 4.78 is 10.9. The Morgan fingerprint density at radius 2 is 1.82 bits per heavy atom. The first-order chi connectivity index (χ1) is 15.9. The van der Waals surface area contributed by atoms with E-state index in [-0.39, 0.29) is 31.0 Å². The molecule has 1 aliphatic rings. The van der Waals surface area contributed by atoms with Crippen molar-refractivity contribution >= 4 is 35.0 Å². The standard InChI is InChI=1S/C25H30Cl2N2O4/c1-3-22(25(31)28-19-6-4-5-7-19)29(15-17-8-11-20(32-2)12-9-17)24(30)16-33-23-13-10-18(26)14-21(23)27/h8-14,19,22H,3-7,15-16H2,1-2H3,(H,28,31)/t22-/m0/s1. The molecule has 0 heterocycles. The molecule has 3 rings (SSSR count). The van der Waals surface area contributed by atoms with Gasteiger partial charge < -0.3 is 19.7 Å². The Morgan fingerprint density at radius 1 is 1.12 bits per heavy atom. The molecule has 1 aliphatic carbocycles. The maximum absolute atomic E-state index is 13.3. The maximum atomic E-state index is 13.3. The Morgan fingerprint density at radius 3 is 2.42 bits per heavy atom. The van der Waals surface area contributed by atoms with Crippen molar-refractivity contribution in [2.45, 2.75) is 57.7 Å². The molecule has 8 heteroatoms. The molecule has 0 unspecified atom stereocenters. The topological polar surface area (TPSA) is 67.9 Å². The summed E-state index contributed by atoms with van der Waals surface area (Å²) in [4.78, 5) is 28.0. The molecule has 1 fully saturated rings. The summed E-state index contributed by atoms with van der Waals surface area (Å²) in [6.07, 6.45) is 4.68. The van der Waals surface area contributed by atoms with Gasteiger partial charge in [0.2, 0.25) is 5.91 Å². The minimum absolute atomic E-state index is 0.129. The number of hydrogen-bond acceptors (Lipinski definition) is 4. The molecule has 178 valence electrons. The molecular weight excluding hydrogens is 463 g/mol. The van der Waals surface area contributed by atoms with E-state index in [2.05, 4.69) is 5.32 Å². The van der Waals surface area contributed by atoms with E-state index in [1.807, 2.05) is 31.2 Å². The zero-order chi connectivity index (χ0) is 23.8. The number of nitrogens with one attached hydrogen (secondary N) is 1. The number of ether oxygens (including phenoxy) is 2. The molecule has 2 aromatic carbocycles. The molecule has 1 N–H and O–H groups in total. The van der Waals surface area contributed by atoms with Crippen molar-refractivity contribution in [1.82, 2.24) is 10.2 Å². The van der Waals surface area contributed by atoms with Crippen LogP contribution in [0, 0.1) is 0 Å². The van der Waals surface area contributed by atoms with Crippen molar-refractivity contribution in [3.05, 3.63) is 58.1 Å². The van der Waals surface area contributed by atoms with Crippen molar-refractivity contribution in [3.63, 3.8) is 0 Å². The van der Waals surface area contributed by atoms with Gasteiger partial charge in [0.05, 0.1) is 12.1 Å². The summed E-state index contributed by atoms with van der Waals surface area (Å²) in [5.74, 6) is 0.659. The summed E-state index contributed by atoms with van der Waals surface area (Å²) in [7, 11) is 1.60. The first-order valence-electron chi connectivity index (χ1n) is 11.2. The fraction of sp³-hybridized carbons (Fsp3) is 0.440. The van der Waals surface area contributed by atoms with Crippen molar-refractivity contribution < 1.29 is 19.1 Å². The zero-order valence-corrected chi connectivity index (χ0v) is 20.5. The Kier molecular flexibility index (Phi) is 9.27. The lowest BCUT2D eigenvalue weighted by Gasteiger charge is -2.31. The lowest BCUT2D eigenvalue weighted by molar-refractivity contribution is -0.143. The van der Waals surface area contributed by atoms with Crippen LogP contribution in [0.2, 0.25) is 10.0 Å². The van der Waals surface area contributed by atoms with Gasteiger partial charge in [-0.2, -0.15) is 0 Å². The number of rotatable bonds is 10. The average Bonchev–Trinajstić information content (AvgIpc) is 3.31. The molecule has 0 aromatic heterocycles. The van der Waals surface area contributed by atoms with E-state index in [1.54, 1.807) is 30.2 Å². The van der Waals surface area contributed by atoms with E-state index in [1.165, 1.54) is 0 Å². The quantitative estimate of drug-likeness (QED) is 0.491. The van der Waals surface area contributed by atoms with Gasteiger partial charge in [-0.15, -0.1) is 0 Å². The Bertz CT molecular complexity index is 946. The third kappa shape index (κ3) is 7.02. The highest BCUT2D eigenvalue weighted by Crippen LogP contribution is 2.28. The molecule has 6 nitrogen and oxygen atoms in total. The zero-order valence-electron chi connectivity index (χ0n) is 19.0. The summed E-state index contributed by atoms with van der Waals surface area (Å²) in [6, 6.07) is 11.8. The normalized spacial score (nSPS) is 14.5. The maximum Gasteiger partial charge on any atom is 0.261 e. The highest BCUT2D eigenvalue weighted by atomic mass is 35.5. The molecular formula is C25H30Cl2N2O4. The minimum Gasteiger partial charge on any atom is -0.497 e. The SMILES string of the molecule is CC[C@@H](C(=O)NC1CCCC1)N(Cc1ccc(OC)cc1)C(=O)COc1ccc(Cl)cc1Cl. The van der Waals surface area contributed by atoms with E-state index >= 15 is 0 Å². The van der Waals surface area contributed by atoms with E-state index in [0.29, 0.717) is 22.2 Å². The van der Waals surface area contributed by atoms with Gasteiger partial charge in [-0.1, -0.05) is 55.1 Å². The number of nitrogens with zero attached hydrogens (tertiary/aromatic N) is 1. The second kappa shape index (κ2) is 12.1. The number of amides is 2. The molecule has 0 aliphatic heterocycles. The van der Waals surface area contributed by atoms with Crippen LogP contribution in [-0.2, 0) is 16.1 Å². The molecule has 1 atom stereocenters. The van der Waals surface area contributed by atoms with Crippen molar-refractivity contribution in [2.24, 2.45) is 0 Å². The number of benzene rings is 2. The van der Waals surface area contributed by atoms with Gasteiger partial charge in [-0.25, -0.2) is 0 Å². The predicted octanol–water partition coefficient (Wildman–Crippen LogP) is 5.25. The fourth-order valence-corrected chi connectivity index (χ4v) is 4.49. The third-order valence-corrected chi connectivity index (χ3v) is 6.37. The molecule has 33 heavy (non-hydrogen) atoms. The van der Waals surface area contributed by atoms with Crippen molar-refractivity contribution in [2.75, 3.05) is 13.7 Å². The van der Waals surface area contributed by atoms with Crippen LogP contribution in [0.5, 0.6) is 11.5 Å². The lowest BCUT2D eigenvalue weighted by Crippen LogP contribution is -2.52. The minimum atomic E-state index is -0.607. The molecule has 2 amide bonds. The molecule has 2 aromatic rings. The second-order valence-corrected chi connectivity index (χ2v) is 8.99. The van der Waals surface area contributed by atoms with Crippen molar-refractivity contribution in [1.29, 1.82) is 0 Å². The molecule has 0 spiro atoms. The number of carbonyl (C=O) groups is 2. The van der Waals surface area contributed by atoms with Crippen LogP contribution >= 0.6 is 23.2 Å². The summed E-state index contributed by atoms with van der Waals surface area (Å²) in [5.41, 5.74) is 0.890. The van der Waals surface area contributed by atoms with Gasteiger partial charge in [0.1, 0.15) is 17.5 Å². The van der Waals surface area contributed by atoms with Crippen LogP contribution in [-0.4, -0.2) is 42.5 Å². The number of halogens is 2. The Balaban J connectivity index is 1.77. The number of methoxy groups -OCH3 is 1.